The molecule has 0 aromatic carbocycles. The lowest BCUT2D eigenvalue weighted by molar-refractivity contribution is 0.275. The number of aryl methyl sites for hydroxylation is 1. The Morgan fingerprint density at radius 1 is 1.43 bits per heavy atom. The molecule has 0 radical (unpaired) electrons. The van der Waals surface area contributed by atoms with Crippen molar-refractivity contribution < 1.29 is 5.11 Å². The fraction of sp³-hybridized carbons (Fsp3) is 0.800. The van der Waals surface area contributed by atoms with E-state index in [0.29, 0.717) is 5.92 Å². The number of aromatic nitrogens is 3. The minimum Gasteiger partial charge on any atom is -0.390 e. The molecular weight excluding hydrogens is 178 g/mol. The van der Waals surface area contributed by atoms with E-state index in [1.54, 1.807) is 0 Å². The summed E-state index contributed by atoms with van der Waals surface area (Å²) in [5, 5.41) is 17.0. The summed E-state index contributed by atoms with van der Waals surface area (Å²) in [6.45, 7) is 7.33. The van der Waals surface area contributed by atoms with Gasteiger partial charge in [-0.25, -0.2) is 4.68 Å². The van der Waals surface area contributed by atoms with Gasteiger partial charge in [-0.1, -0.05) is 26.0 Å². The number of rotatable bonds is 5. The Bertz CT molecular complexity index is 281. The third kappa shape index (κ3) is 2.54. The Balaban J connectivity index is 2.71. The van der Waals surface area contributed by atoms with Gasteiger partial charge >= 0.3 is 0 Å². The monoisotopic (exact) mass is 197 g/mol. The van der Waals surface area contributed by atoms with Gasteiger partial charge in [0, 0.05) is 6.54 Å². The van der Waals surface area contributed by atoms with Crippen LogP contribution in [0, 0.1) is 5.92 Å². The predicted octanol–water partition coefficient (Wildman–Crippen LogP) is 1.38. The standard InChI is InChI=1S/C10H19N3O/c1-4-10-9(7-14)11-12-13(10)6-5-8(2)3/h8,14H,4-7H2,1-3H3. The number of aliphatic hydroxyl groups excluding tert-OH is 1. The Labute approximate surface area is 84.9 Å². The minimum atomic E-state index is -0.00908. The normalized spacial score (nSPS) is 11.2. The lowest BCUT2D eigenvalue weighted by atomic mass is 10.1. The molecule has 4 heteroatoms. The fourth-order valence-corrected chi connectivity index (χ4v) is 1.44. The van der Waals surface area contributed by atoms with Crippen LogP contribution in [-0.2, 0) is 19.6 Å². The van der Waals surface area contributed by atoms with Crippen molar-refractivity contribution in [1.82, 2.24) is 15.0 Å². The molecule has 1 aromatic rings. The molecule has 0 aliphatic rings. The highest BCUT2D eigenvalue weighted by molar-refractivity contribution is 5.08. The van der Waals surface area contributed by atoms with Gasteiger partial charge in [0.1, 0.15) is 5.69 Å². The van der Waals surface area contributed by atoms with Crippen molar-refractivity contribution in [3.05, 3.63) is 11.4 Å². The number of hydrogen-bond donors (Lipinski definition) is 1. The molecule has 0 spiro atoms. The molecule has 1 rings (SSSR count). The summed E-state index contributed by atoms with van der Waals surface area (Å²) in [5.74, 6) is 0.668. The number of nitrogens with zero attached hydrogens (tertiary/aromatic N) is 3. The van der Waals surface area contributed by atoms with Crippen LogP contribution in [0.5, 0.6) is 0 Å². The van der Waals surface area contributed by atoms with Gasteiger partial charge in [-0.15, -0.1) is 5.10 Å². The van der Waals surface area contributed by atoms with Crippen LogP contribution in [0.2, 0.25) is 0 Å². The van der Waals surface area contributed by atoms with Crippen LogP contribution in [0.25, 0.3) is 0 Å². The second-order valence-electron chi connectivity index (χ2n) is 3.90. The average Bonchev–Trinajstić information content (AvgIpc) is 2.56. The van der Waals surface area contributed by atoms with Gasteiger partial charge in [0.25, 0.3) is 0 Å². The number of hydrogen-bond acceptors (Lipinski definition) is 3. The first-order valence-corrected chi connectivity index (χ1v) is 5.21. The molecule has 0 amide bonds. The Hall–Kier alpha value is -0.900. The maximum absolute atomic E-state index is 9.02. The van der Waals surface area contributed by atoms with E-state index in [2.05, 4.69) is 31.1 Å². The van der Waals surface area contributed by atoms with E-state index >= 15 is 0 Å². The highest BCUT2D eigenvalue weighted by atomic mass is 16.3. The molecule has 1 aromatic heterocycles. The van der Waals surface area contributed by atoms with Crippen LogP contribution in [0.1, 0.15) is 38.6 Å². The van der Waals surface area contributed by atoms with Gasteiger partial charge in [-0.2, -0.15) is 0 Å². The van der Waals surface area contributed by atoms with E-state index < -0.39 is 0 Å². The summed E-state index contributed by atoms with van der Waals surface area (Å²) >= 11 is 0. The lowest BCUT2D eigenvalue weighted by Crippen LogP contribution is -2.07. The van der Waals surface area contributed by atoms with Crippen LogP contribution in [-0.4, -0.2) is 20.1 Å². The van der Waals surface area contributed by atoms with Crippen LogP contribution < -0.4 is 0 Å². The lowest BCUT2D eigenvalue weighted by Gasteiger charge is -2.07. The van der Waals surface area contributed by atoms with Crippen molar-refractivity contribution >= 4 is 0 Å². The van der Waals surface area contributed by atoms with E-state index in [4.69, 9.17) is 5.11 Å². The second-order valence-corrected chi connectivity index (χ2v) is 3.90. The van der Waals surface area contributed by atoms with Crippen molar-refractivity contribution in [2.75, 3.05) is 0 Å². The minimum absolute atomic E-state index is 0.00908. The molecule has 0 bridgehead atoms. The van der Waals surface area contributed by atoms with Crippen molar-refractivity contribution in [1.29, 1.82) is 0 Å². The molecular formula is C10H19N3O. The van der Waals surface area contributed by atoms with Gasteiger partial charge in [0.05, 0.1) is 12.3 Å². The topological polar surface area (TPSA) is 50.9 Å². The number of aliphatic hydroxyl groups is 1. The average molecular weight is 197 g/mol. The summed E-state index contributed by atoms with van der Waals surface area (Å²) in [6.07, 6.45) is 1.97. The Morgan fingerprint density at radius 3 is 2.64 bits per heavy atom. The highest BCUT2D eigenvalue weighted by Gasteiger charge is 2.09. The van der Waals surface area contributed by atoms with E-state index in [1.165, 1.54) is 0 Å². The highest BCUT2D eigenvalue weighted by Crippen LogP contribution is 2.09. The predicted molar refractivity (Wildman–Crippen MR) is 54.8 cm³/mol. The molecule has 1 heterocycles. The third-order valence-corrected chi connectivity index (χ3v) is 2.32. The summed E-state index contributed by atoms with van der Waals surface area (Å²) in [6, 6.07) is 0. The molecule has 4 nitrogen and oxygen atoms in total. The molecule has 1 N–H and O–H groups in total. The van der Waals surface area contributed by atoms with E-state index in [1.807, 2.05) is 4.68 Å². The van der Waals surface area contributed by atoms with Crippen LogP contribution in [0.4, 0.5) is 0 Å². The first-order valence-electron chi connectivity index (χ1n) is 5.21. The first-order chi connectivity index (χ1) is 6.69. The van der Waals surface area contributed by atoms with Crippen molar-refractivity contribution in [2.24, 2.45) is 5.92 Å². The zero-order valence-electron chi connectivity index (χ0n) is 9.19. The van der Waals surface area contributed by atoms with Crippen LogP contribution >= 0.6 is 0 Å². The zero-order chi connectivity index (χ0) is 10.6. The van der Waals surface area contributed by atoms with E-state index in [0.717, 1.165) is 30.8 Å². The molecule has 0 atom stereocenters. The quantitative estimate of drug-likeness (QED) is 0.775. The van der Waals surface area contributed by atoms with Gasteiger partial charge in [0.15, 0.2) is 0 Å². The Kier molecular flexibility index (Phi) is 4.07. The van der Waals surface area contributed by atoms with Gasteiger partial charge in [-0.05, 0) is 18.8 Å². The smallest absolute Gasteiger partial charge is 0.111 e. The third-order valence-electron chi connectivity index (χ3n) is 2.32. The van der Waals surface area contributed by atoms with Crippen LogP contribution in [0.3, 0.4) is 0 Å². The Morgan fingerprint density at radius 2 is 2.14 bits per heavy atom. The summed E-state index contributed by atoms with van der Waals surface area (Å²) < 4.78 is 1.91. The summed E-state index contributed by atoms with van der Waals surface area (Å²) in [5.41, 5.74) is 1.78. The van der Waals surface area contributed by atoms with E-state index in [9.17, 15) is 0 Å². The molecule has 0 fully saturated rings. The SMILES string of the molecule is CCc1c(CO)nnn1CCC(C)C. The molecule has 80 valence electrons. The molecule has 0 aliphatic heterocycles. The first kappa shape index (κ1) is 11.2. The van der Waals surface area contributed by atoms with Crippen LogP contribution in [0.15, 0.2) is 0 Å². The molecule has 0 unspecified atom stereocenters. The van der Waals surface area contributed by atoms with Gasteiger partial charge in [0.2, 0.25) is 0 Å². The maximum atomic E-state index is 9.02. The fourth-order valence-electron chi connectivity index (χ4n) is 1.44. The largest absolute Gasteiger partial charge is 0.390 e. The van der Waals surface area contributed by atoms with Gasteiger partial charge < -0.3 is 5.11 Å². The van der Waals surface area contributed by atoms with E-state index in [-0.39, 0.29) is 6.61 Å². The molecule has 0 aliphatic carbocycles. The molecule has 14 heavy (non-hydrogen) atoms. The zero-order valence-corrected chi connectivity index (χ0v) is 9.19. The van der Waals surface area contributed by atoms with Crippen molar-refractivity contribution in [3.8, 4) is 0 Å². The summed E-state index contributed by atoms with van der Waals surface area (Å²) in [4.78, 5) is 0. The van der Waals surface area contributed by atoms with Crippen molar-refractivity contribution in [3.63, 3.8) is 0 Å². The maximum Gasteiger partial charge on any atom is 0.111 e. The second kappa shape index (κ2) is 5.10. The van der Waals surface area contributed by atoms with Gasteiger partial charge in [-0.3, -0.25) is 0 Å². The van der Waals surface area contributed by atoms with Crippen molar-refractivity contribution in [2.45, 2.75) is 46.8 Å². The molecule has 0 saturated heterocycles. The molecule has 0 saturated carbocycles. The summed E-state index contributed by atoms with van der Waals surface area (Å²) in [7, 11) is 0.